The second-order valence-electron chi connectivity index (χ2n) is 5.21. The van der Waals surface area contributed by atoms with E-state index in [1.54, 1.807) is 17.4 Å². The van der Waals surface area contributed by atoms with Crippen molar-refractivity contribution in [3.8, 4) is 0 Å². The molecule has 0 saturated carbocycles. The van der Waals surface area contributed by atoms with Gasteiger partial charge in [0.1, 0.15) is 5.70 Å². The van der Waals surface area contributed by atoms with E-state index in [-0.39, 0.29) is 5.91 Å². The van der Waals surface area contributed by atoms with Gasteiger partial charge < -0.3 is 0 Å². The van der Waals surface area contributed by atoms with Crippen molar-refractivity contribution >= 4 is 44.5 Å². The molecule has 2 aliphatic heterocycles. The minimum absolute atomic E-state index is 0.183. The summed E-state index contributed by atoms with van der Waals surface area (Å²) >= 11 is 4.84. The molecule has 1 atom stereocenters. The molecule has 0 aliphatic carbocycles. The monoisotopic (exact) mass is 401 g/mol. The molecule has 120 valence electrons. The summed E-state index contributed by atoms with van der Waals surface area (Å²) in [7, 11) is 0. The number of fused-ring (bicyclic) bond motifs is 2. The lowest BCUT2D eigenvalue weighted by molar-refractivity contribution is -0.116. The van der Waals surface area contributed by atoms with Crippen molar-refractivity contribution in [2.24, 2.45) is 10.1 Å². The highest BCUT2D eigenvalue weighted by Gasteiger charge is 2.34. The fraction of sp³-hybridized carbons (Fsp3) is 0.125. The Hall–Kier alpha value is -2.19. The van der Waals surface area contributed by atoms with Crippen molar-refractivity contribution in [1.82, 2.24) is 15.3 Å². The Morgan fingerprint density at radius 3 is 2.96 bits per heavy atom. The van der Waals surface area contributed by atoms with Crippen molar-refractivity contribution in [1.29, 1.82) is 0 Å². The van der Waals surface area contributed by atoms with Gasteiger partial charge in [0.25, 0.3) is 5.91 Å². The fourth-order valence-corrected chi connectivity index (χ4v) is 3.41. The van der Waals surface area contributed by atoms with E-state index >= 15 is 0 Å². The predicted octanol–water partition coefficient (Wildman–Crippen LogP) is 1.35. The minimum Gasteiger partial charge on any atom is -0.298 e. The van der Waals surface area contributed by atoms with Crippen LogP contribution >= 0.6 is 27.7 Å². The molecule has 0 saturated heterocycles. The van der Waals surface area contributed by atoms with Crippen LogP contribution in [0.5, 0.6) is 0 Å². The molecule has 1 aromatic heterocycles. The molecule has 3 heterocycles. The lowest BCUT2D eigenvalue weighted by atomic mass is 10.1. The number of benzene rings is 1. The van der Waals surface area contributed by atoms with Gasteiger partial charge in [-0.25, -0.2) is 5.01 Å². The Bertz CT molecular complexity index is 976. The quantitative estimate of drug-likeness (QED) is 0.782. The minimum atomic E-state index is -0.421. The maximum absolute atomic E-state index is 12.7. The van der Waals surface area contributed by atoms with E-state index in [9.17, 15) is 4.79 Å². The van der Waals surface area contributed by atoms with Crippen LogP contribution in [0.15, 0.2) is 57.3 Å². The number of carbonyl (C=O) groups is 1. The Kier molecular flexibility index (Phi) is 3.85. The van der Waals surface area contributed by atoms with Gasteiger partial charge in [-0.05, 0) is 30.5 Å². The molecule has 0 spiro atoms. The van der Waals surface area contributed by atoms with Gasteiger partial charge in [-0.2, -0.15) is 0 Å². The number of thioether (sulfide) groups is 1. The standard InChI is InChI=1S/C16H12BrN5OS/c1-24-16-20-15(23)13-11-7-10(17)4-5-12(11)19-14(22(13)21-16)9-3-2-6-18-8-9/h2-8,14H,1H3,(H,20,21,23)/t14-/m0/s1. The fourth-order valence-electron chi connectivity index (χ4n) is 2.69. The number of nitrogens with one attached hydrogen (secondary N) is 1. The normalized spacial score (nSPS) is 19.0. The summed E-state index contributed by atoms with van der Waals surface area (Å²) in [6.45, 7) is 0. The zero-order valence-electron chi connectivity index (χ0n) is 12.6. The first-order valence-electron chi connectivity index (χ1n) is 7.18. The summed E-state index contributed by atoms with van der Waals surface area (Å²) in [5, 5.41) is 11.1. The second kappa shape index (κ2) is 6.03. The number of amidine groups is 1. The molecule has 0 radical (unpaired) electrons. The molecule has 0 fully saturated rings. The third-order valence-corrected chi connectivity index (χ3v) is 4.81. The molecule has 1 N–H and O–H groups in total. The smallest absolute Gasteiger partial charge is 0.276 e. The maximum atomic E-state index is 12.7. The van der Waals surface area contributed by atoms with Crippen LogP contribution in [0.3, 0.4) is 0 Å². The summed E-state index contributed by atoms with van der Waals surface area (Å²) in [6, 6.07) is 9.48. The largest absolute Gasteiger partial charge is 0.298 e. The van der Waals surface area contributed by atoms with Gasteiger partial charge in [0, 0.05) is 27.6 Å². The third kappa shape index (κ3) is 2.51. The third-order valence-electron chi connectivity index (χ3n) is 3.75. The van der Waals surface area contributed by atoms with Gasteiger partial charge in [0.2, 0.25) is 0 Å². The Balaban J connectivity index is 2.02. The van der Waals surface area contributed by atoms with Crippen molar-refractivity contribution in [3.05, 3.63) is 63.3 Å². The SMILES string of the molecule is CSC1=NN2C(=c3cc(Br)ccc3=N[C@@H]2c2cccnc2)C(=O)N1. The maximum Gasteiger partial charge on any atom is 0.276 e. The van der Waals surface area contributed by atoms with Gasteiger partial charge in [-0.3, -0.25) is 20.1 Å². The highest BCUT2D eigenvalue weighted by atomic mass is 79.9. The van der Waals surface area contributed by atoms with E-state index in [1.165, 1.54) is 11.8 Å². The van der Waals surface area contributed by atoms with E-state index in [0.717, 1.165) is 20.6 Å². The molecule has 8 heteroatoms. The number of hydrogen-bond donors (Lipinski definition) is 1. The van der Waals surface area contributed by atoms with Crippen LogP contribution in [-0.4, -0.2) is 27.3 Å². The second-order valence-corrected chi connectivity index (χ2v) is 6.92. The number of amides is 1. The molecular weight excluding hydrogens is 390 g/mol. The number of nitrogens with zero attached hydrogens (tertiary/aromatic N) is 4. The molecule has 0 unspecified atom stereocenters. The molecule has 4 rings (SSSR count). The van der Waals surface area contributed by atoms with Crippen molar-refractivity contribution in [3.63, 3.8) is 0 Å². The molecule has 1 amide bonds. The van der Waals surface area contributed by atoms with Gasteiger partial charge in [-0.15, -0.1) is 5.10 Å². The number of carbonyl (C=O) groups excluding carboxylic acids is 1. The highest BCUT2D eigenvalue weighted by Crippen LogP contribution is 2.30. The molecule has 24 heavy (non-hydrogen) atoms. The topological polar surface area (TPSA) is 70.0 Å². The first-order valence-corrected chi connectivity index (χ1v) is 9.20. The summed E-state index contributed by atoms with van der Waals surface area (Å²) < 4.78 is 0.885. The van der Waals surface area contributed by atoms with Crippen LogP contribution in [0.25, 0.3) is 5.70 Å². The molecule has 2 aliphatic rings. The molecule has 2 aromatic rings. The number of halogens is 1. The zero-order valence-corrected chi connectivity index (χ0v) is 15.0. The molecule has 0 bridgehead atoms. The van der Waals surface area contributed by atoms with E-state index in [0.29, 0.717) is 10.9 Å². The first kappa shape index (κ1) is 15.3. The summed E-state index contributed by atoms with van der Waals surface area (Å²) in [5.41, 5.74) is 1.37. The average Bonchev–Trinajstić information content (AvgIpc) is 2.61. The first-order chi connectivity index (χ1) is 11.7. The van der Waals surface area contributed by atoms with Crippen molar-refractivity contribution < 1.29 is 4.79 Å². The predicted molar refractivity (Wildman–Crippen MR) is 96.2 cm³/mol. The number of hydrazone groups is 1. The number of hydrogen-bond acceptors (Lipinski definition) is 6. The lowest BCUT2D eigenvalue weighted by Crippen LogP contribution is -2.50. The van der Waals surface area contributed by atoms with Crippen LogP contribution in [0.1, 0.15) is 11.7 Å². The van der Waals surface area contributed by atoms with E-state index in [1.807, 2.05) is 36.6 Å². The molecular formula is C16H12BrN5OS. The molecule has 6 nitrogen and oxygen atoms in total. The van der Waals surface area contributed by atoms with Crippen LogP contribution in [0, 0.1) is 0 Å². The molecule has 1 aromatic carbocycles. The lowest BCUT2D eigenvalue weighted by Gasteiger charge is -2.33. The van der Waals surface area contributed by atoms with E-state index in [2.05, 4.69) is 31.3 Å². The van der Waals surface area contributed by atoms with Gasteiger partial charge >= 0.3 is 0 Å². The van der Waals surface area contributed by atoms with Gasteiger partial charge in [0.05, 0.1) is 5.36 Å². The summed E-state index contributed by atoms with van der Waals surface area (Å²) in [4.78, 5) is 21.7. The van der Waals surface area contributed by atoms with Gasteiger partial charge in [-0.1, -0.05) is 33.8 Å². The van der Waals surface area contributed by atoms with E-state index < -0.39 is 6.17 Å². The summed E-state index contributed by atoms with van der Waals surface area (Å²) in [5.74, 6) is -0.183. The van der Waals surface area contributed by atoms with Crippen molar-refractivity contribution in [2.45, 2.75) is 6.17 Å². The van der Waals surface area contributed by atoms with E-state index in [4.69, 9.17) is 4.99 Å². The average molecular weight is 402 g/mol. The van der Waals surface area contributed by atoms with Crippen LogP contribution in [0.2, 0.25) is 0 Å². The van der Waals surface area contributed by atoms with Crippen LogP contribution in [-0.2, 0) is 4.79 Å². The Morgan fingerprint density at radius 2 is 2.21 bits per heavy atom. The van der Waals surface area contributed by atoms with Crippen LogP contribution < -0.4 is 15.9 Å². The van der Waals surface area contributed by atoms with Crippen LogP contribution in [0.4, 0.5) is 0 Å². The van der Waals surface area contributed by atoms with Crippen molar-refractivity contribution in [2.75, 3.05) is 6.26 Å². The number of rotatable bonds is 1. The summed E-state index contributed by atoms with van der Waals surface area (Å²) in [6.07, 6.45) is 4.91. The zero-order chi connectivity index (χ0) is 16.7. The number of pyridine rings is 1. The Labute approximate surface area is 150 Å². The highest BCUT2D eigenvalue weighted by molar-refractivity contribution is 9.10. The van der Waals surface area contributed by atoms with Gasteiger partial charge in [0.15, 0.2) is 11.3 Å². The Morgan fingerprint density at radius 1 is 1.33 bits per heavy atom. The number of aromatic nitrogens is 1.